The number of amides is 2. The minimum absolute atomic E-state index is 0.0446. The van der Waals surface area contributed by atoms with Gasteiger partial charge in [-0.15, -0.1) is 0 Å². The second-order valence-corrected chi connectivity index (χ2v) is 7.43. The summed E-state index contributed by atoms with van der Waals surface area (Å²) in [7, 11) is 0. The number of carbonyl (C=O) groups excluding carboxylic acids is 2. The van der Waals surface area contributed by atoms with E-state index in [9.17, 15) is 19.7 Å². The van der Waals surface area contributed by atoms with Gasteiger partial charge in [-0.25, -0.2) is 0 Å². The number of imide groups is 1. The zero-order chi connectivity index (χ0) is 19.7. The SMILES string of the molecule is O=C1C(c2ccc([N+](=O)[O-])cc2)=C(N2CCCCC2)C(=O)N1CC1CCCO1. The second kappa shape index (κ2) is 7.71. The van der Waals surface area contributed by atoms with Crippen molar-refractivity contribution in [3.8, 4) is 0 Å². The van der Waals surface area contributed by atoms with E-state index in [4.69, 9.17) is 4.74 Å². The van der Waals surface area contributed by atoms with Gasteiger partial charge in [0.05, 0.1) is 23.1 Å². The van der Waals surface area contributed by atoms with Crippen LogP contribution in [-0.4, -0.2) is 58.9 Å². The van der Waals surface area contributed by atoms with Gasteiger partial charge in [0, 0.05) is 31.8 Å². The minimum Gasteiger partial charge on any atom is -0.376 e. The lowest BCUT2D eigenvalue weighted by Crippen LogP contribution is -2.40. The molecule has 1 aromatic carbocycles. The van der Waals surface area contributed by atoms with Crippen LogP contribution in [0, 0.1) is 10.1 Å². The van der Waals surface area contributed by atoms with E-state index in [2.05, 4.69) is 0 Å². The number of piperidine rings is 1. The smallest absolute Gasteiger partial charge is 0.277 e. The number of nitrogens with zero attached hydrogens (tertiary/aromatic N) is 3. The molecule has 28 heavy (non-hydrogen) atoms. The number of nitro benzene ring substituents is 1. The summed E-state index contributed by atoms with van der Waals surface area (Å²) in [6, 6.07) is 5.85. The fourth-order valence-corrected chi connectivity index (χ4v) is 4.14. The zero-order valence-corrected chi connectivity index (χ0v) is 15.6. The number of carbonyl (C=O) groups is 2. The van der Waals surface area contributed by atoms with Crippen LogP contribution in [0.5, 0.6) is 0 Å². The van der Waals surface area contributed by atoms with Crippen LogP contribution in [0.2, 0.25) is 0 Å². The van der Waals surface area contributed by atoms with E-state index in [1.165, 1.54) is 17.0 Å². The molecule has 148 valence electrons. The number of hydrogen-bond acceptors (Lipinski definition) is 6. The summed E-state index contributed by atoms with van der Waals surface area (Å²) in [6.45, 7) is 2.38. The maximum Gasteiger partial charge on any atom is 0.277 e. The van der Waals surface area contributed by atoms with Crippen LogP contribution in [0.3, 0.4) is 0 Å². The number of likely N-dealkylation sites (tertiary alicyclic amines) is 1. The molecule has 2 amide bonds. The summed E-state index contributed by atoms with van der Waals surface area (Å²) in [4.78, 5) is 40.2. The van der Waals surface area contributed by atoms with Crippen LogP contribution in [0.4, 0.5) is 5.69 Å². The van der Waals surface area contributed by atoms with Crippen molar-refractivity contribution in [1.82, 2.24) is 9.80 Å². The normalized spacial score (nSPS) is 23.1. The van der Waals surface area contributed by atoms with Gasteiger partial charge in [-0.05, 0) is 49.8 Å². The highest BCUT2D eigenvalue weighted by Gasteiger charge is 2.43. The highest BCUT2D eigenvalue weighted by molar-refractivity contribution is 6.35. The predicted octanol–water partition coefficient (Wildman–Crippen LogP) is 2.34. The zero-order valence-electron chi connectivity index (χ0n) is 15.6. The number of rotatable bonds is 5. The Morgan fingerprint density at radius 2 is 1.75 bits per heavy atom. The van der Waals surface area contributed by atoms with Crippen LogP contribution >= 0.6 is 0 Å². The van der Waals surface area contributed by atoms with Gasteiger partial charge in [0.1, 0.15) is 5.70 Å². The van der Waals surface area contributed by atoms with Gasteiger partial charge in [-0.2, -0.15) is 0 Å². The highest BCUT2D eigenvalue weighted by atomic mass is 16.6. The molecule has 8 nitrogen and oxygen atoms in total. The Morgan fingerprint density at radius 1 is 1.04 bits per heavy atom. The molecule has 1 aromatic rings. The van der Waals surface area contributed by atoms with Crippen molar-refractivity contribution in [3.63, 3.8) is 0 Å². The van der Waals surface area contributed by atoms with Crippen molar-refractivity contribution in [1.29, 1.82) is 0 Å². The van der Waals surface area contributed by atoms with Gasteiger partial charge in [0.25, 0.3) is 17.5 Å². The Balaban J connectivity index is 1.70. The van der Waals surface area contributed by atoms with E-state index in [1.807, 2.05) is 4.90 Å². The summed E-state index contributed by atoms with van der Waals surface area (Å²) in [5.74, 6) is -0.620. The largest absolute Gasteiger partial charge is 0.376 e. The Kier molecular flexibility index (Phi) is 5.13. The fraction of sp³-hybridized carbons (Fsp3) is 0.500. The number of nitro groups is 1. The Morgan fingerprint density at radius 3 is 2.36 bits per heavy atom. The third kappa shape index (κ3) is 3.40. The van der Waals surface area contributed by atoms with Crippen molar-refractivity contribution in [3.05, 3.63) is 45.6 Å². The van der Waals surface area contributed by atoms with Gasteiger partial charge in [0.2, 0.25) is 0 Å². The molecule has 3 heterocycles. The van der Waals surface area contributed by atoms with Gasteiger partial charge >= 0.3 is 0 Å². The molecule has 0 spiro atoms. The predicted molar refractivity (Wildman–Crippen MR) is 101 cm³/mol. The lowest BCUT2D eigenvalue weighted by molar-refractivity contribution is -0.384. The maximum atomic E-state index is 13.2. The number of ether oxygens (including phenoxy) is 1. The number of hydrogen-bond donors (Lipinski definition) is 0. The monoisotopic (exact) mass is 385 g/mol. The molecule has 2 saturated heterocycles. The topological polar surface area (TPSA) is 93.0 Å². The van der Waals surface area contributed by atoms with E-state index in [1.54, 1.807) is 12.1 Å². The molecule has 0 radical (unpaired) electrons. The van der Waals surface area contributed by atoms with Crippen molar-refractivity contribution in [2.24, 2.45) is 0 Å². The first-order chi connectivity index (χ1) is 13.6. The van der Waals surface area contributed by atoms with E-state index in [0.29, 0.717) is 23.4 Å². The summed E-state index contributed by atoms with van der Waals surface area (Å²) < 4.78 is 5.62. The first kappa shape index (κ1) is 18.6. The van der Waals surface area contributed by atoms with E-state index < -0.39 is 4.92 Å². The van der Waals surface area contributed by atoms with Crippen LogP contribution in [0.15, 0.2) is 30.0 Å². The van der Waals surface area contributed by atoms with E-state index in [0.717, 1.165) is 45.2 Å². The summed E-state index contributed by atoms with van der Waals surface area (Å²) >= 11 is 0. The Hall–Kier alpha value is -2.74. The lowest BCUT2D eigenvalue weighted by atomic mass is 10.0. The molecule has 3 aliphatic heterocycles. The molecule has 1 unspecified atom stereocenters. The molecule has 1 atom stereocenters. The summed E-state index contributed by atoms with van der Waals surface area (Å²) in [6.07, 6.45) is 4.71. The molecule has 0 bridgehead atoms. The molecule has 0 N–H and O–H groups in total. The van der Waals surface area contributed by atoms with E-state index in [-0.39, 0.29) is 30.2 Å². The van der Waals surface area contributed by atoms with Crippen molar-refractivity contribution in [2.45, 2.75) is 38.2 Å². The molecular formula is C20H23N3O5. The standard InChI is InChI=1S/C20H23N3O5/c24-19-17(14-6-8-15(9-7-14)23(26)27)18(21-10-2-1-3-11-21)20(25)22(19)13-16-5-4-12-28-16/h6-9,16H,1-5,10-13H2. The molecule has 3 aliphatic rings. The molecular weight excluding hydrogens is 362 g/mol. The molecule has 2 fully saturated rings. The average Bonchev–Trinajstić information content (AvgIpc) is 3.31. The van der Waals surface area contributed by atoms with Crippen molar-refractivity contribution >= 4 is 23.1 Å². The Bertz CT molecular complexity index is 821. The minimum atomic E-state index is -0.477. The number of benzene rings is 1. The van der Waals surface area contributed by atoms with Gasteiger partial charge in [-0.3, -0.25) is 24.6 Å². The summed E-state index contributed by atoms with van der Waals surface area (Å²) in [5.41, 5.74) is 1.27. The van der Waals surface area contributed by atoms with Crippen LogP contribution in [0.1, 0.15) is 37.7 Å². The maximum absolute atomic E-state index is 13.2. The third-order valence-electron chi connectivity index (χ3n) is 5.59. The van der Waals surface area contributed by atoms with Gasteiger partial charge in [-0.1, -0.05) is 0 Å². The summed E-state index contributed by atoms with van der Waals surface area (Å²) in [5, 5.41) is 10.9. The van der Waals surface area contributed by atoms with Crippen molar-refractivity contribution < 1.29 is 19.2 Å². The van der Waals surface area contributed by atoms with Gasteiger partial charge in [0.15, 0.2) is 0 Å². The van der Waals surface area contributed by atoms with Crippen molar-refractivity contribution in [2.75, 3.05) is 26.2 Å². The highest BCUT2D eigenvalue weighted by Crippen LogP contribution is 2.34. The quantitative estimate of drug-likeness (QED) is 0.439. The second-order valence-electron chi connectivity index (χ2n) is 7.43. The van der Waals surface area contributed by atoms with Crippen LogP contribution in [0.25, 0.3) is 5.57 Å². The fourth-order valence-electron chi connectivity index (χ4n) is 4.14. The first-order valence-corrected chi connectivity index (χ1v) is 9.78. The van der Waals surface area contributed by atoms with Gasteiger partial charge < -0.3 is 9.64 Å². The van der Waals surface area contributed by atoms with Crippen LogP contribution < -0.4 is 0 Å². The van der Waals surface area contributed by atoms with E-state index >= 15 is 0 Å². The molecule has 0 saturated carbocycles. The Labute approximate surface area is 162 Å². The average molecular weight is 385 g/mol. The lowest BCUT2D eigenvalue weighted by Gasteiger charge is -2.30. The first-order valence-electron chi connectivity index (χ1n) is 9.78. The third-order valence-corrected chi connectivity index (χ3v) is 5.59. The molecule has 4 rings (SSSR count). The molecule has 0 aromatic heterocycles. The molecule has 0 aliphatic carbocycles. The van der Waals surface area contributed by atoms with Crippen LogP contribution in [-0.2, 0) is 14.3 Å². The number of non-ortho nitro benzene ring substituents is 1. The molecule has 8 heteroatoms.